The zero-order valence-corrected chi connectivity index (χ0v) is 7.07. The van der Waals surface area contributed by atoms with Crippen LogP contribution in [0.1, 0.15) is 25.7 Å². The van der Waals surface area contributed by atoms with Gasteiger partial charge in [-0.25, -0.2) is 4.79 Å². The fraction of sp³-hybridized carbons (Fsp3) is 0.667. The molecule has 1 atom stereocenters. The normalized spacial score (nSPS) is 21.8. The molecule has 1 aliphatic carbocycles. The van der Waals surface area contributed by atoms with E-state index < -0.39 is 5.97 Å². The van der Waals surface area contributed by atoms with Crippen LogP contribution in [0.2, 0.25) is 0 Å². The molecule has 3 N–H and O–H groups in total. The van der Waals surface area contributed by atoms with Crippen LogP contribution < -0.4 is 5.73 Å². The van der Waals surface area contributed by atoms with Gasteiger partial charge in [-0.15, -0.1) is 0 Å². The number of carboxylic acid groups (broad SMARTS) is 1. The van der Waals surface area contributed by atoms with E-state index in [4.69, 9.17) is 10.8 Å². The van der Waals surface area contributed by atoms with Crippen LogP contribution in [0.5, 0.6) is 0 Å². The minimum absolute atomic E-state index is 0.0661. The summed E-state index contributed by atoms with van der Waals surface area (Å²) >= 11 is 0. The molecule has 0 heterocycles. The fourth-order valence-corrected chi connectivity index (χ4v) is 1.69. The van der Waals surface area contributed by atoms with E-state index in [2.05, 4.69) is 0 Å². The van der Waals surface area contributed by atoms with Gasteiger partial charge in [0.2, 0.25) is 0 Å². The van der Waals surface area contributed by atoms with E-state index in [1.165, 1.54) is 12.8 Å². The van der Waals surface area contributed by atoms with Crippen molar-refractivity contribution in [2.75, 3.05) is 0 Å². The van der Waals surface area contributed by atoms with Gasteiger partial charge in [0, 0.05) is 12.1 Å². The molecule has 0 radical (unpaired) electrons. The van der Waals surface area contributed by atoms with Gasteiger partial charge in [-0.3, -0.25) is 0 Å². The highest BCUT2D eigenvalue weighted by atomic mass is 16.4. The third-order valence-electron chi connectivity index (χ3n) is 2.41. The standard InChI is InChI=1S/C9H15NO2/c10-8(5-6-9(11)12)7-3-1-2-4-7/h5-8H,1-4,10H2,(H,11,12)/b6-5+. The van der Waals surface area contributed by atoms with Crippen LogP contribution in [0.15, 0.2) is 12.2 Å². The summed E-state index contributed by atoms with van der Waals surface area (Å²) in [5.41, 5.74) is 5.78. The number of carboxylic acids is 1. The molecule has 1 fully saturated rings. The molecule has 3 nitrogen and oxygen atoms in total. The van der Waals surface area contributed by atoms with Gasteiger partial charge in [-0.1, -0.05) is 18.9 Å². The molecule has 0 aliphatic heterocycles. The molecule has 0 spiro atoms. The molecule has 1 aliphatic rings. The van der Waals surface area contributed by atoms with Crippen molar-refractivity contribution in [3.8, 4) is 0 Å². The first-order chi connectivity index (χ1) is 5.70. The van der Waals surface area contributed by atoms with Crippen LogP contribution in [0, 0.1) is 5.92 Å². The fourth-order valence-electron chi connectivity index (χ4n) is 1.69. The van der Waals surface area contributed by atoms with Crippen LogP contribution in [-0.2, 0) is 4.79 Å². The van der Waals surface area contributed by atoms with E-state index in [1.807, 2.05) is 0 Å². The van der Waals surface area contributed by atoms with Crippen LogP contribution in [0.25, 0.3) is 0 Å². The van der Waals surface area contributed by atoms with Crippen molar-refractivity contribution < 1.29 is 9.90 Å². The van der Waals surface area contributed by atoms with Crippen LogP contribution in [0.3, 0.4) is 0 Å². The summed E-state index contributed by atoms with van der Waals surface area (Å²) in [7, 11) is 0. The highest BCUT2D eigenvalue weighted by Crippen LogP contribution is 2.27. The van der Waals surface area contributed by atoms with Crippen LogP contribution in [-0.4, -0.2) is 17.1 Å². The monoisotopic (exact) mass is 169 g/mol. The van der Waals surface area contributed by atoms with Crippen molar-refractivity contribution in [2.24, 2.45) is 11.7 Å². The Hall–Kier alpha value is -0.830. The second kappa shape index (κ2) is 4.26. The number of hydrogen-bond acceptors (Lipinski definition) is 2. The molecular weight excluding hydrogens is 154 g/mol. The Morgan fingerprint density at radius 1 is 1.50 bits per heavy atom. The molecule has 0 aromatic heterocycles. The Morgan fingerprint density at radius 2 is 2.08 bits per heavy atom. The minimum atomic E-state index is -0.913. The van der Waals surface area contributed by atoms with Gasteiger partial charge >= 0.3 is 5.97 Å². The van der Waals surface area contributed by atoms with Gasteiger partial charge in [0.1, 0.15) is 0 Å². The van der Waals surface area contributed by atoms with Gasteiger partial charge in [0.25, 0.3) is 0 Å². The maximum Gasteiger partial charge on any atom is 0.328 e. The summed E-state index contributed by atoms with van der Waals surface area (Å²) in [6, 6.07) is -0.0661. The predicted octanol–water partition coefficient (Wildman–Crippen LogP) is 1.14. The Bertz CT molecular complexity index is 183. The van der Waals surface area contributed by atoms with Crippen LogP contribution >= 0.6 is 0 Å². The van der Waals surface area contributed by atoms with Gasteiger partial charge in [0.15, 0.2) is 0 Å². The predicted molar refractivity (Wildman–Crippen MR) is 46.7 cm³/mol. The largest absolute Gasteiger partial charge is 0.478 e. The molecule has 0 aromatic rings. The highest BCUT2D eigenvalue weighted by Gasteiger charge is 2.19. The molecule has 1 rings (SSSR count). The van der Waals surface area contributed by atoms with E-state index in [0.29, 0.717) is 5.92 Å². The SMILES string of the molecule is NC(/C=C/C(=O)O)C1CCCC1. The third kappa shape index (κ3) is 2.66. The highest BCUT2D eigenvalue weighted by molar-refractivity contribution is 5.79. The summed E-state index contributed by atoms with van der Waals surface area (Å²) in [5.74, 6) is -0.413. The Kier molecular flexibility index (Phi) is 3.29. The van der Waals surface area contributed by atoms with Crippen molar-refractivity contribution in [3.63, 3.8) is 0 Å². The topological polar surface area (TPSA) is 63.3 Å². The number of aliphatic carboxylic acids is 1. The van der Waals surface area contributed by atoms with Crippen LogP contribution in [0.4, 0.5) is 0 Å². The Labute approximate surface area is 72.3 Å². The Balaban J connectivity index is 2.36. The van der Waals surface area contributed by atoms with E-state index in [-0.39, 0.29) is 6.04 Å². The summed E-state index contributed by atoms with van der Waals surface area (Å²) in [4.78, 5) is 10.2. The third-order valence-corrected chi connectivity index (χ3v) is 2.41. The first-order valence-electron chi connectivity index (χ1n) is 4.37. The zero-order valence-electron chi connectivity index (χ0n) is 7.07. The van der Waals surface area contributed by atoms with Crippen molar-refractivity contribution >= 4 is 5.97 Å². The maximum atomic E-state index is 10.2. The first-order valence-corrected chi connectivity index (χ1v) is 4.37. The van der Waals surface area contributed by atoms with E-state index in [9.17, 15) is 4.79 Å². The average molecular weight is 169 g/mol. The molecule has 0 amide bonds. The lowest BCUT2D eigenvalue weighted by atomic mass is 9.99. The summed E-state index contributed by atoms with van der Waals surface area (Å²) in [5, 5.41) is 8.36. The molecule has 68 valence electrons. The average Bonchev–Trinajstić information content (AvgIpc) is 2.51. The maximum absolute atomic E-state index is 10.2. The van der Waals surface area contributed by atoms with Crippen molar-refractivity contribution in [2.45, 2.75) is 31.7 Å². The molecule has 1 saturated carbocycles. The molecule has 0 saturated heterocycles. The molecular formula is C9H15NO2. The molecule has 1 unspecified atom stereocenters. The summed E-state index contributed by atoms with van der Waals surface area (Å²) < 4.78 is 0. The summed E-state index contributed by atoms with van der Waals surface area (Å²) in [6.45, 7) is 0. The second-order valence-corrected chi connectivity index (χ2v) is 3.32. The molecule has 3 heteroatoms. The van der Waals surface area contributed by atoms with E-state index >= 15 is 0 Å². The lowest BCUT2D eigenvalue weighted by Gasteiger charge is -2.13. The number of hydrogen-bond donors (Lipinski definition) is 2. The quantitative estimate of drug-likeness (QED) is 0.623. The number of rotatable bonds is 3. The van der Waals surface area contributed by atoms with Gasteiger partial charge in [-0.2, -0.15) is 0 Å². The molecule has 12 heavy (non-hydrogen) atoms. The lowest BCUT2D eigenvalue weighted by molar-refractivity contribution is -0.131. The van der Waals surface area contributed by atoms with E-state index in [1.54, 1.807) is 6.08 Å². The second-order valence-electron chi connectivity index (χ2n) is 3.32. The van der Waals surface area contributed by atoms with Gasteiger partial charge in [0.05, 0.1) is 0 Å². The molecule has 0 aromatic carbocycles. The van der Waals surface area contributed by atoms with Gasteiger partial charge in [-0.05, 0) is 18.8 Å². The van der Waals surface area contributed by atoms with Gasteiger partial charge < -0.3 is 10.8 Å². The minimum Gasteiger partial charge on any atom is -0.478 e. The molecule has 0 bridgehead atoms. The van der Waals surface area contributed by atoms with Crippen molar-refractivity contribution in [1.29, 1.82) is 0 Å². The smallest absolute Gasteiger partial charge is 0.328 e. The first kappa shape index (κ1) is 9.26. The van der Waals surface area contributed by atoms with E-state index in [0.717, 1.165) is 18.9 Å². The van der Waals surface area contributed by atoms with Crippen molar-refractivity contribution in [1.82, 2.24) is 0 Å². The number of carbonyl (C=O) groups is 1. The summed E-state index contributed by atoms with van der Waals surface area (Å²) in [6.07, 6.45) is 7.50. The van der Waals surface area contributed by atoms with Crippen molar-refractivity contribution in [3.05, 3.63) is 12.2 Å². The lowest BCUT2D eigenvalue weighted by Crippen LogP contribution is -2.25. The zero-order chi connectivity index (χ0) is 8.97. The Morgan fingerprint density at radius 3 is 2.58 bits per heavy atom. The number of nitrogens with two attached hydrogens (primary N) is 1.